The highest BCUT2D eigenvalue weighted by molar-refractivity contribution is 5.30. The Balaban J connectivity index is 2.93. The normalized spacial score (nSPS) is 12.8. The largest absolute Gasteiger partial charge is 0.497 e. The van der Waals surface area contributed by atoms with E-state index in [2.05, 4.69) is 25.3 Å². The Morgan fingerprint density at radius 3 is 2.50 bits per heavy atom. The molecule has 90 valence electrons. The topological polar surface area (TPSA) is 47.3 Å². The van der Waals surface area contributed by atoms with Crippen LogP contribution in [0.1, 0.15) is 38.3 Å². The Kier molecular flexibility index (Phi) is 5.29. The summed E-state index contributed by atoms with van der Waals surface area (Å²) in [6, 6.07) is 8.28. The molecule has 0 bridgehead atoms. The molecule has 0 aliphatic rings. The van der Waals surface area contributed by atoms with Gasteiger partial charge in [0.15, 0.2) is 0 Å². The van der Waals surface area contributed by atoms with Crippen molar-refractivity contribution in [3.05, 3.63) is 29.8 Å². The lowest BCUT2D eigenvalue weighted by Crippen LogP contribution is -2.33. The predicted octanol–water partition coefficient (Wildman–Crippen LogP) is 2.64. The maximum Gasteiger partial charge on any atom is 0.119 e. The van der Waals surface area contributed by atoms with Gasteiger partial charge >= 0.3 is 0 Å². The average molecular weight is 222 g/mol. The molecule has 0 saturated heterocycles. The minimum Gasteiger partial charge on any atom is -0.497 e. The molecule has 1 aromatic rings. The second-order valence-corrected chi connectivity index (χ2v) is 4.00. The van der Waals surface area contributed by atoms with Gasteiger partial charge < -0.3 is 4.74 Å². The number of nitrogens with two attached hydrogens (primary N) is 1. The lowest BCUT2D eigenvalue weighted by molar-refractivity contribution is 0.343. The van der Waals surface area contributed by atoms with Crippen LogP contribution in [0.25, 0.3) is 0 Å². The van der Waals surface area contributed by atoms with Crippen LogP contribution in [-0.4, -0.2) is 7.11 Å². The maximum absolute atomic E-state index is 5.66. The Labute approximate surface area is 98.0 Å². The van der Waals surface area contributed by atoms with Crippen LogP contribution in [0.2, 0.25) is 0 Å². The molecule has 0 heterocycles. The SMILES string of the molecule is CCC(CC)C(NN)c1cccc(OC)c1. The zero-order valence-corrected chi connectivity index (χ0v) is 10.4. The van der Waals surface area contributed by atoms with Crippen LogP contribution in [-0.2, 0) is 0 Å². The summed E-state index contributed by atoms with van der Waals surface area (Å²) in [5.74, 6) is 7.09. The van der Waals surface area contributed by atoms with E-state index in [1.165, 1.54) is 5.56 Å². The molecule has 1 unspecified atom stereocenters. The van der Waals surface area contributed by atoms with Gasteiger partial charge in [0.1, 0.15) is 5.75 Å². The van der Waals surface area contributed by atoms with Gasteiger partial charge in [-0.2, -0.15) is 0 Å². The first-order valence-electron chi connectivity index (χ1n) is 5.86. The van der Waals surface area contributed by atoms with E-state index >= 15 is 0 Å². The fourth-order valence-electron chi connectivity index (χ4n) is 2.10. The molecule has 0 aliphatic carbocycles. The summed E-state index contributed by atoms with van der Waals surface area (Å²) in [7, 11) is 1.68. The van der Waals surface area contributed by atoms with E-state index in [-0.39, 0.29) is 6.04 Å². The van der Waals surface area contributed by atoms with E-state index < -0.39 is 0 Å². The van der Waals surface area contributed by atoms with Crippen molar-refractivity contribution >= 4 is 0 Å². The molecule has 0 aromatic heterocycles. The summed E-state index contributed by atoms with van der Waals surface area (Å²) >= 11 is 0. The summed E-state index contributed by atoms with van der Waals surface area (Å²) in [6.45, 7) is 4.39. The van der Waals surface area contributed by atoms with Gasteiger partial charge in [0, 0.05) is 6.04 Å². The summed E-state index contributed by atoms with van der Waals surface area (Å²) in [6.07, 6.45) is 2.23. The predicted molar refractivity (Wildman–Crippen MR) is 67.1 cm³/mol. The first-order chi connectivity index (χ1) is 7.76. The number of nitrogens with one attached hydrogen (secondary N) is 1. The van der Waals surface area contributed by atoms with Crippen molar-refractivity contribution in [1.29, 1.82) is 0 Å². The molecule has 0 saturated carbocycles. The molecule has 16 heavy (non-hydrogen) atoms. The number of methoxy groups -OCH3 is 1. The number of rotatable bonds is 6. The van der Waals surface area contributed by atoms with Crippen LogP contribution in [0.15, 0.2) is 24.3 Å². The summed E-state index contributed by atoms with van der Waals surface area (Å²) in [4.78, 5) is 0. The van der Waals surface area contributed by atoms with E-state index in [4.69, 9.17) is 10.6 Å². The molecule has 1 aromatic carbocycles. The van der Waals surface area contributed by atoms with Crippen LogP contribution in [0.3, 0.4) is 0 Å². The first kappa shape index (κ1) is 13.0. The van der Waals surface area contributed by atoms with Crippen molar-refractivity contribution in [2.24, 2.45) is 11.8 Å². The minimum absolute atomic E-state index is 0.199. The van der Waals surface area contributed by atoms with Crippen molar-refractivity contribution in [3.8, 4) is 5.75 Å². The Morgan fingerprint density at radius 2 is 2.00 bits per heavy atom. The van der Waals surface area contributed by atoms with Gasteiger partial charge in [-0.1, -0.05) is 38.8 Å². The third-order valence-electron chi connectivity index (χ3n) is 3.15. The van der Waals surface area contributed by atoms with Crippen molar-refractivity contribution in [2.45, 2.75) is 32.7 Å². The molecule has 0 amide bonds. The standard InChI is InChI=1S/C13H22N2O/c1-4-10(5-2)13(15-14)11-7-6-8-12(9-11)16-3/h6-10,13,15H,4-5,14H2,1-3H3. The highest BCUT2D eigenvalue weighted by Crippen LogP contribution is 2.28. The molecule has 0 aliphatic heterocycles. The third kappa shape index (κ3) is 2.97. The van der Waals surface area contributed by atoms with E-state index in [0.717, 1.165) is 18.6 Å². The smallest absolute Gasteiger partial charge is 0.119 e. The van der Waals surface area contributed by atoms with Crippen LogP contribution < -0.4 is 16.0 Å². The Morgan fingerprint density at radius 1 is 1.31 bits per heavy atom. The Bertz CT molecular complexity index is 311. The maximum atomic E-state index is 5.66. The number of hydrogen-bond acceptors (Lipinski definition) is 3. The quantitative estimate of drug-likeness (QED) is 0.574. The van der Waals surface area contributed by atoms with Gasteiger partial charge in [0.25, 0.3) is 0 Å². The molecule has 0 fully saturated rings. The molecule has 1 rings (SSSR count). The molecular weight excluding hydrogens is 200 g/mol. The number of benzene rings is 1. The van der Waals surface area contributed by atoms with E-state index in [1.54, 1.807) is 7.11 Å². The van der Waals surface area contributed by atoms with Crippen LogP contribution in [0.5, 0.6) is 5.75 Å². The lowest BCUT2D eigenvalue weighted by atomic mass is 9.89. The van der Waals surface area contributed by atoms with Gasteiger partial charge in [-0.05, 0) is 23.6 Å². The molecule has 0 radical (unpaired) electrons. The summed E-state index contributed by atoms with van der Waals surface area (Å²) < 4.78 is 5.23. The second-order valence-electron chi connectivity index (χ2n) is 4.00. The average Bonchev–Trinajstić information content (AvgIpc) is 2.35. The fraction of sp³-hybridized carbons (Fsp3) is 0.538. The third-order valence-corrected chi connectivity index (χ3v) is 3.15. The highest BCUT2D eigenvalue weighted by Gasteiger charge is 2.19. The van der Waals surface area contributed by atoms with Crippen LogP contribution >= 0.6 is 0 Å². The van der Waals surface area contributed by atoms with Gasteiger partial charge in [-0.3, -0.25) is 11.3 Å². The van der Waals surface area contributed by atoms with Gasteiger partial charge in [0.2, 0.25) is 0 Å². The van der Waals surface area contributed by atoms with Crippen molar-refractivity contribution in [3.63, 3.8) is 0 Å². The molecule has 3 heteroatoms. The lowest BCUT2D eigenvalue weighted by Gasteiger charge is -2.25. The minimum atomic E-state index is 0.199. The molecular formula is C13H22N2O. The molecule has 3 N–H and O–H groups in total. The first-order valence-corrected chi connectivity index (χ1v) is 5.86. The summed E-state index contributed by atoms with van der Waals surface area (Å²) in [5.41, 5.74) is 4.11. The highest BCUT2D eigenvalue weighted by atomic mass is 16.5. The second kappa shape index (κ2) is 6.51. The van der Waals surface area contributed by atoms with Gasteiger partial charge in [0.05, 0.1) is 7.11 Å². The van der Waals surface area contributed by atoms with Crippen LogP contribution in [0.4, 0.5) is 0 Å². The van der Waals surface area contributed by atoms with Crippen molar-refractivity contribution < 1.29 is 4.74 Å². The summed E-state index contributed by atoms with van der Waals surface area (Å²) in [5, 5.41) is 0. The van der Waals surface area contributed by atoms with Gasteiger partial charge in [-0.25, -0.2) is 0 Å². The van der Waals surface area contributed by atoms with Crippen molar-refractivity contribution in [2.75, 3.05) is 7.11 Å². The monoisotopic (exact) mass is 222 g/mol. The van der Waals surface area contributed by atoms with Crippen molar-refractivity contribution in [1.82, 2.24) is 5.43 Å². The number of hydrazine groups is 1. The number of ether oxygens (including phenoxy) is 1. The van der Waals surface area contributed by atoms with E-state index in [9.17, 15) is 0 Å². The van der Waals surface area contributed by atoms with Gasteiger partial charge in [-0.15, -0.1) is 0 Å². The zero-order valence-electron chi connectivity index (χ0n) is 10.4. The number of hydrogen-bond donors (Lipinski definition) is 2. The molecule has 3 nitrogen and oxygen atoms in total. The van der Waals surface area contributed by atoms with E-state index in [0.29, 0.717) is 5.92 Å². The van der Waals surface area contributed by atoms with E-state index in [1.807, 2.05) is 18.2 Å². The molecule has 0 spiro atoms. The Hall–Kier alpha value is -1.06. The van der Waals surface area contributed by atoms with Crippen LogP contribution in [0, 0.1) is 5.92 Å². The zero-order chi connectivity index (χ0) is 12.0. The fourth-order valence-corrected chi connectivity index (χ4v) is 2.10. The molecule has 1 atom stereocenters.